The molecule has 1 aromatic heterocycles. The molecule has 0 N–H and O–H groups in total. The van der Waals surface area contributed by atoms with E-state index in [9.17, 15) is 4.79 Å². The summed E-state index contributed by atoms with van der Waals surface area (Å²) >= 11 is 7.72. The fourth-order valence-electron chi connectivity index (χ4n) is 3.01. The lowest BCUT2D eigenvalue weighted by Crippen LogP contribution is -2.46. The van der Waals surface area contributed by atoms with Crippen LogP contribution in [0.2, 0.25) is 5.02 Å². The predicted octanol–water partition coefficient (Wildman–Crippen LogP) is 4.39. The second kappa shape index (κ2) is 9.05. The molecule has 1 fully saturated rings. The van der Waals surface area contributed by atoms with Gasteiger partial charge in [-0.05, 0) is 24.6 Å². The monoisotopic (exact) mass is 431 g/mol. The summed E-state index contributed by atoms with van der Waals surface area (Å²) in [5, 5.41) is 1.45. The number of amides is 1. The molecule has 0 bridgehead atoms. The van der Waals surface area contributed by atoms with E-state index in [0.717, 1.165) is 53.8 Å². The van der Waals surface area contributed by atoms with Crippen molar-refractivity contribution < 1.29 is 9.53 Å². The Morgan fingerprint density at radius 1 is 1.33 bits per heavy atom. The average Bonchev–Trinajstić information content (AvgIpc) is 2.99. The Morgan fingerprint density at radius 2 is 2.00 bits per heavy atom. The van der Waals surface area contributed by atoms with Gasteiger partial charge in [-0.15, -0.1) is 12.4 Å². The molecule has 8 heteroatoms. The number of rotatable bonds is 4. The first-order valence-electron chi connectivity index (χ1n) is 8.94. The normalized spacial score (nSPS) is 15.6. The summed E-state index contributed by atoms with van der Waals surface area (Å²) in [6, 6.07) is 3.84. The maximum Gasteiger partial charge on any atom is 0.234 e. The molecule has 0 unspecified atom stereocenters. The Morgan fingerprint density at radius 3 is 2.63 bits per heavy atom. The van der Waals surface area contributed by atoms with Gasteiger partial charge in [0.25, 0.3) is 0 Å². The molecule has 1 amide bonds. The van der Waals surface area contributed by atoms with Gasteiger partial charge in [0.05, 0.1) is 23.4 Å². The van der Waals surface area contributed by atoms with Gasteiger partial charge in [0.2, 0.25) is 5.91 Å². The Kier molecular flexibility index (Phi) is 7.50. The van der Waals surface area contributed by atoms with E-state index < -0.39 is 5.41 Å². The minimum atomic E-state index is -0.463. The van der Waals surface area contributed by atoms with Crippen molar-refractivity contribution >= 4 is 56.6 Å². The molecule has 0 spiro atoms. The van der Waals surface area contributed by atoms with Crippen molar-refractivity contribution in [3.63, 3.8) is 0 Å². The summed E-state index contributed by atoms with van der Waals surface area (Å²) in [7, 11) is 0. The second-order valence-electron chi connectivity index (χ2n) is 7.73. The third-order valence-corrected chi connectivity index (χ3v) is 5.74. The molecule has 1 aliphatic rings. The van der Waals surface area contributed by atoms with Crippen LogP contribution in [0, 0.1) is 12.3 Å². The summed E-state index contributed by atoms with van der Waals surface area (Å²) in [6.07, 6.45) is 0. The molecular formula is C19H27Cl2N3O2S. The van der Waals surface area contributed by atoms with E-state index in [-0.39, 0.29) is 18.3 Å². The van der Waals surface area contributed by atoms with E-state index in [2.05, 4.69) is 4.90 Å². The number of ether oxygens (including phenoxy) is 1. The van der Waals surface area contributed by atoms with E-state index in [1.54, 1.807) is 0 Å². The van der Waals surface area contributed by atoms with E-state index in [4.69, 9.17) is 21.3 Å². The lowest BCUT2D eigenvalue weighted by Gasteiger charge is -2.31. The van der Waals surface area contributed by atoms with Crippen molar-refractivity contribution in [3.8, 4) is 0 Å². The summed E-state index contributed by atoms with van der Waals surface area (Å²) < 4.78 is 6.43. The standard InChI is InChI=1S/C19H26ClN3O2S.ClH/c1-13-11-14(20)12-15-16(13)21-18(26-15)23(17(24)19(2,3)4)6-5-22-7-9-25-10-8-22;/h11-12H,5-10H2,1-4H3;1H. The largest absolute Gasteiger partial charge is 0.379 e. The first-order valence-corrected chi connectivity index (χ1v) is 10.1. The minimum absolute atomic E-state index is 0. The first kappa shape index (κ1) is 22.4. The third-order valence-electron chi connectivity index (χ3n) is 4.50. The van der Waals surface area contributed by atoms with E-state index in [1.807, 2.05) is 44.7 Å². The van der Waals surface area contributed by atoms with Crippen molar-refractivity contribution in [2.45, 2.75) is 27.7 Å². The van der Waals surface area contributed by atoms with Crippen molar-refractivity contribution in [1.82, 2.24) is 9.88 Å². The highest BCUT2D eigenvalue weighted by Gasteiger charge is 2.30. The molecule has 2 heterocycles. The number of hydrogen-bond acceptors (Lipinski definition) is 5. The lowest BCUT2D eigenvalue weighted by molar-refractivity contribution is -0.125. The molecular weight excluding hydrogens is 405 g/mol. The number of benzene rings is 1. The summed E-state index contributed by atoms with van der Waals surface area (Å²) in [4.78, 5) is 22.0. The molecule has 1 aromatic carbocycles. The van der Waals surface area contributed by atoms with Gasteiger partial charge in [-0.3, -0.25) is 14.6 Å². The van der Waals surface area contributed by atoms with Crippen LogP contribution < -0.4 is 4.90 Å². The number of hydrogen-bond donors (Lipinski definition) is 0. The van der Waals surface area contributed by atoms with E-state index in [0.29, 0.717) is 11.6 Å². The molecule has 0 radical (unpaired) electrons. The molecule has 2 aromatic rings. The van der Waals surface area contributed by atoms with Crippen LogP contribution in [0.5, 0.6) is 0 Å². The molecule has 0 atom stereocenters. The fourth-order valence-corrected chi connectivity index (χ4v) is 4.46. The van der Waals surface area contributed by atoms with Crippen molar-refractivity contribution in [2.75, 3.05) is 44.3 Å². The summed E-state index contributed by atoms with van der Waals surface area (Å²) in [5.41, 5.74) is 1.49. The molecule has 3 rings (SSSR count). The maximum absolute atomic E-state index is 13.1. The summed E-state index contributed by atoms with van der Waals surface area (Å²) in [5.74, 6) is 0.0913. The lowest BCUT2D eigenvalue weighted by atomic mass is 9.95. The van der Waals surface area contributed by atoms with Gasteiger partial charge in [0.1, 0.15) is 0 Å². The number of fused-ring (bicyclic) bond motifs is 1. The molecule has 150 valence electrons. The van der Waals surface area contributed by atoms with Gasteiger partial charge in [0.15, 0.2) is 5.13 Å². The number of aryl methyl sites for hydroxylation is 1. The Labute approximate surface area is 176 Å². The van der Waals surface area contributed by atoms with Crippen LogP contribution >= 0.6 is 35.3 Å². The highest BCUT2D eigenvalue weighted by atomic mass is 35.5. The SMILES string of the molecule is Cc1cc(Cl)cc2sc(N(CCN3CCOCC3)C(=O)C(C)(C)C)nc12.Cl. The van der Waals surface area contributed by atoms with E-state index in [1.165, 1.54) is 11.3 Å². The van der Waals surface area contributed by atoms with Gasteiger partial charge < -0.3 is 4.74 Å². The summed E-state index contributed by atoms with van der Waals surface area (Å²) in [6.45, 7) is 12.6. The van der Waals surface area contributed by atoms with Gasteiger partial charge in [0, 0.05) is 36.6 Å². The number of morpholine rings is 1. The Bertz CT molecular complexity index is 798. The van der Waals surface area contributed by atoms with Crippen molar-refractivity contribution in [2.24, 2.45) is 5.41 Å². The van der Waals surface area contributed by atoms with Gasteiger partial charge in [-0.1, -0.05) is 43.7 Å². The molecule has 27 heavy (non-hydrogen) atoms. The number of carbonyl (C=O) groups is 1. The Hall–Kier alpha value is -0.920. The zero-order chi connectivity index (χ0) is 18.9. The maximum atomic E-state index is 13.1. The van der Waals surface area contributed by atoms with Crippen LogP contribution in [0.3, 0.4) is 0 Å². The van der Waals surface area contributed by atoms with Crippen LogP contribution in [0.4, 0.5) is 5.13 Å². The molecule has 1 aliphatic heterocycles. The van der Waals surface area contributed by atoms with Crippen LogP contribution in [0.15, 0.2) is 12.1 Å². The number of anilines is 1. The molecule has 1 saturated heterocycles. The van der Waals surface area contributed by atoms with Crippen LogP contribution in [-0.4, -0.2) is 55.2 Å². The molecule has 0 saturated carbocycles. The number of thiazole rings is 1. The highest BCUT2D eigenvalue weighted by molar-refractivity contribution is 7.22. The molecule has 0 aliphatic carbocycles. The number of halogens is 2. The third kappa shape index (κ3) is 5.33. The zero-order valence-electron chi connectivity index (χ0n) is 16.2. The van der Waals surface area contributed by atoms with Crippen LogP contribution in [0.1, 0.15) is 26.3 Å². The topological polar surface area (TPSA) is 45.7 Å². The average molecular weight is 432 g/mol. The van der Waals surface area contributed by atoms with E-state index >= 15 is 0 Å². The van der Waals surface area contributed by atoms with Gasteiger partial charge >= 0.3 is 0 Å². The number of nitrogens with zero attached hydrogens (tertiary/aromatic N) is 3. The van der Waals surface area contributed by atoms with Crippen molar-refractivity contribution in [3.05, 3.63) is 22.7 Å². The van der Waals surface area contributed by atoms with Gasteiger partial charge in [-0.25, -0.2) is 4.98 Å². The molecule has 5 nitrogen and oxygen atoms in total. The van der Waals surface area contributed by atoms with Crippen LogP contribution in [0.25, 0.3) is 10.2 Å². The van der Waals surface area contributed by atoms with Gasteiger partial charge in [-0.2, -0.15) is 0 Å². The quantitative estimate of drug-likeness (QED) is 0.719. The first-order chi connectivity index (χ1) is 12.3. The zero-order valence-corrected chi connectivity index (χ0v) is 18.6. The Balaban J connectivity index is 0.00000261. The highest BCUT2D eigenvalue weighted by Crippen LogP contribution is 2.34. The number of aromatic nitrogens is 1. The smallest absolute Gasteiger partial charge is 0.234 e. The number of carbonyl (C=O) groups excluding carboxylic acids is 1. The fraction of sp³-hybridized carbons (Fsp3) is 0.579. The van der Waals surface area contributed by atoms with Crippen molar-refractivity contribution in [1.29, 1.82) is 0 Å². The minimum Gasteiger partial charge on any atom is -0.379 e. The van der Waals surface area contributed by atoms with Crippen LogP contribution in [-0.2, 0) is 9.53 Å². The second-order valence-corrected chi connectivity index (χ2v) is 9.17. The predicted molar refractivity (Wildman–Crippen MR) is 116 cm³/mol.